The van der Waals surface area contributed by atoms with Crippen LogP contribution in [0.15, 0.2) is 0 Å². The van der Waals surface area contributed by atoms with Crippen molar-refractivity contribution in [3.63, 3.8) is 0 Å². The Labute approximate surface area is 116 Å². The second-order valence-electron chi connectivity index (χ2n) is 7.05. The Morgan fingerprint density at radius 2 is 2.11 bits per heavy atom. The molecule has 4 heteroatoms. The highest BCUT2D eigenvalue weighted by atomic mass is 16.5. The summed E-state index contributed by atoms with van der Waals surface area (Å²) in [6.07, 6.45) is 4.57. The molecule has 1 heterocycles. The van der Waals surface area contributed by atoms with Gasteiger partial charge < -0.3 is 15.2 Å². The summed E-state index contributed by atoms with van der Waals surface area (Å²) in [6.45, 7) is 10.4. The Morgan fingerprint density at radius 1 is 1.42 bits per heavy atom. The van der Waals surface area contributed by atoms with Crippen molar-refractivity contribution in [2.45, 2.75) is 71.5 Å². The number of rotatable bonds is 8. The first-order valence-electron chi connectivity index (χ1n) is 7.31. The molecule has 0 radical (unpaired) electrons. The average molecular weight is 271 g/mol. The van der Waals surface area contributed by atoms with E-state index in [0.717, 1.165) is 38.8 Å². The van der Waals surface area contributed by atoms with E-state index < -0.39 is 5.97 Å². The lowest BCUT2D eigenvalue weighted by Crippen LogP contribution is -2.31. The number of ether oxygens (including phenoxy) is 1. The smallest absolute Gasteiger partial charge is 0.303 e. The van der Waals surface area contributed by atoms with Gasteiger partial charge in [0.15, 0.2) is 0 Å². The van der Waals surface area contributed by atoms with Gasteiger partial charge >= 0.3 is 5.97 Å². The Kier molecular flexibility index (Phi) is 5.81. The fraction of sp³-hybridized carbons (Fsp3) is 0.933. The Morgan fingerprint density at radius 3 is 2.63 bits per heavy atom. The summed E-state index contributed by atoms with van der Waals surface area (Å²) in [7, 11) is 0. The van der Waals surface area contributed by atoms with Crippen molar-refractivity contribution in [2.75, 3.05) is 13.1 Å². The SMILES string of the molecule is CC(C)(CCNCC1CCC(C)(C)O1)CCC(=O)O. The van der Waals surface area contributed by atoms with Gasteiger partial charge in [-0.15, -0.1) is 0 Å². The van der Waals surface area contributed by atoms with Crippen molar-refractivity contribution in [2.24, 2.45) is 5.41 Å². The summed E-state index contributed by atoms with van der Waals surface area (Å²) in [5.41, 5.74) is 0.119. The highest BCUT2D eigenvalue weighted by Crippen LogP contribution is 2.29. The molecule has 1 aliphatic heterocycles. The molecule has 0 aromatic carbocycles. The minimum absolute atomic E-state index is 0.0348. The molecule has 0 amide bonds. The van der Waals surface area contributed by atoms with Crippen LogP contribution >= 0.6 is 0 Å². The minimum Gasteiger partial charge on any atom is -0.481 e. The first-order valence-corrected chi connectivity index (χ1v) is 7.31. The zero-order valence-electron chi connectivity index (χ0n) is 12.8. The number of aliphatic carboxylic acids is 1. The molecule has 2 N–H and O–H groups in total. The quantitative estimate of drug-likeness (QED) is 0.666. The molecule has 0 spiro atoms. The van der Waals surface area contributed by atoms with Gasteiger partial charge in [0.25, 0.3) is 0 Å². The van der Waals surface area contributed by atoms with Crippen LogP contribution < -0.4 is 5.32 Å². The zero-order chi connectivity index (χ0) is 14.5. The molecule has 112 valence electrons. The summed E-state index contributed by atoms with van der Waals surface area (Å²) >= 11 is 0. The third kappa shape index (κ3) is 6.92. The van der Waals surface area contributed by atoms with Crippen LogP contribution in [0.3, 0.4) is 0 Å². The van der Waals surface area contributed by atoms with Crippen LogP contribution in [-0.4, -0.2) is 35.9 Å². The Balaban J connectivity index is 2.11. The molecule has 1 rings (SSSR count). The van der Waals surface area contributed by atoms with Crippen molar-refractivity contribution in [1.82, 2.24) is 5.32 Å². The average Bonchev–Trinajstić information content (AvgIpc) is 2.62. The molecule has 1 fully saturated rings. The van der Waals surface area contributed by atoms with Gasteiger partial charge in [0.05, 0.1) is 11.7 Å². The second-order valence-corrected chi connectivity index (χ2v) is 7.05. The maximum Gasteiger partial charge on any atom is 0.303 e. The predicted octanol–water partition coefficient (Wildman–Crippen LogP) is 2.81. The molecule has 4 nitrogen and oxygen atoms in total. The summed E-state index contributed by atoms with van der Waals surface area (Å²) in [5, 5.41) is 12.1. The van der Waals surface area contributed by atoms with Crippen molar-refractivity contribution in [3.05, 3.63) is 0 Å². The lowest BCUT2D eigenvalue weighted by atomic mass is 9.84. The van der Waals surface area contributed by atoms with Crippen LogP contribution in [0.25, 0.3) is 0 Å². The van der Waals surface area contributed by atoms with Gasteiger partial charge in [-0.1, -0.05) is 13.8 Å². The van der Waals surface area contributed by atoms with E-state index in [9.17, 15) is 4.79 Å². The van der Waals surface area contributed by atoms with Gasteiger partial charge in [-0.25, -0.2) is 0 Å². The lowest BCUT2D eigenvalue weighted by Gasteiger charge is -2.24. The topological polar surface area (TPSA) is 58.6 Å². The number of hydrogen-bond acceptors (Lipinski definition) is 3. The molecule has 19 heavy (non-hydrogen) atoms. The molecule has 0 bridgehead atoms. The van der Waals surface area contributed by atoms with Gasteiger partial charge in [0.1, 0.15) is 0 Å². The molecular weight excluding hydrogens is 242 g/mol. The second kappa shape index (κ2) is 6.71. The molecule has 0 saturated carbocycles. The first kappa shape index (κ1) is 16.4. The third-order valence-corrected chi connectivity index (χ3v) is 3.92. The van der Waals surface area contributed by atoms with E-state index in [0.29, 0.717) is 6.10 Å². The highest BCUT2D eigenvalue weighted by molar-refractivity contribution is 5.66. The highest BCUT2D eigenvalue weighted by Gasteiger charge is 2.31. The lowest BCUT2D eigenvalue weighted by molar-refractivity contribution is -0.137. The number of carbonyl (C=O) groups is 1. The van der Waals surface area contributed by atoms with E-state index in [4.69, 9.17) is 9.84 Å². The maximum absolute atomic E-state index is 10.6. The van der Waals surface area contributed by atoms with Crippen molar-refractivity contribution < 1.29 is 14.6 Å². The normalized spacial score (nSPS) is 22.6. The molecule has 1 aliphatic rings. The van der Waals surface area contributed by atoms with Gasteiger partial charge in [-0.05, 0) is 51.5 Å². The molecule has 0 aromatic rings. The first-order chi connectivity index (χ1) is 8.70. The fourth-order valence-corrected chi connectivity index (χ4v) is 2.48. The number of nitrogens with one attached hydrogen (secondary N) is 1. The molecule has 0 aliphatic carbocycles. The summed E-state index contributed by atoms with van der Waals surface area (Å²) in [4.78, 5) is 10.6. The number of hydrogen-bond donors (Lipinski definition) is 2. The molecule has 1 unspecified atom stereocenters. The Bertz CT molecular complexity index is 300. The predicted molar refractivity (Wildman–Crippen MR) is 76.3 cm³/mol. The van der Waals surface area contributed by atoms with E-state index in [1.54, 1.807) is 0 Å². The monoisotopic (exact) mass is 271 g/mol. The van der Waals surface area contributed by atoms with Gasteiger partial charge in [-0.2, -0.15) is 0 Å². The standard InChI is InChI=1S/C15H29NO3/c1-14(2,7-6-13(17)18)9-10-16-11-12-5-8-15(3,4)19-12/h12,16H,5-11H2,1-4H3,(H,17,18). The maximum atomic E-state index is 10.6. The van der Waals surface area contributed by atoms with Crippen LogP contribution in [0, 0.1) is 5.41 Å². The van der Waals surface area contributed by atoms with Crippen molar-refractivity contribution >= 4 is 5.97 Å². The van der Waals surface area contributed by atoms with E-state index >= 15 is 0 Å². The molecule has 1 saturated heterocycles. The number of carboxylic acids is 1. The van der Waals surface area contributed by atoms with E-state index in [2.05, 4.69) is 33.0 Å². The fourth-order valence-electron chi connectivity index (χ4n) is 2.48. The van der Waals surface area contributed by atoms with Gasteiger partial charge in [0, 0.05) is 13.0 Å². The van der Waals surface area contributed by atoms with E-state index in [-0.39, 0.29) is 17.4 Å². The Hall–Kier alpha value is -0.610. The molecule has 1 atom stereocenters. The summed E-state index contributed by atoms with van der Waals surface area (Å²) < 4.78 is 5.92. The van der Waals surface area contributed by atoms with Crippen LogP contribution in [-0.2, 0) is 9.53 Å². The third-order valence-electron chi connectivity index (χ3n) is 3.92. The van der Waals surface area contributed by atoms with Crippen LogP contribution in [0.4, 0.5) is 0 Å². The molecule has 0 aromatic heterocycles. The van der Waals surface area contributed by atoms with Crippen LogP contribution in [0.1, 0.15) is 59.8 Å². The minimum atomic E-state index is -0.706. The zero-order valence-corrected chi connectivity index (χ0v) is 12.8. The van der Waals surface area contributed by atoms with Crippen LogP contribution in [0.5, 0.6) is 0 Å². The van der Waals surface area contributed by atoms with Crippen molar-refractivity contribution in [1.29, 1.82) is 0 Å². The molecular formula is C15H29NO3. The van der Waals surface area contributed by atoms with E-state index in [1.165, 1.54) is 0 Å². The van der Waals surface area contributed by atoms with Gasteiger partial charge in [0.2, 0.25) is 0 Å². The summed E-state index contributed by atoms with van der Waals surface area (Å²) in [5.74, 6) is -0.706. The summed E-state index contributed by atoms with van der Waals surface area (Å²) in [6, 6.07) is 0. The number of carboxylic acid groups (broad SMARTS) is 1. The largest absolute Gasteiger partial charge is 0.481 e. The van der Waals surface area contributed by atoms with E-state index in [1.807, 2.05) is 0 Å². The van der Waals surface area contributed by atoms with Crippen LogP contribution in [0.2, 0.25) is 0 Å². The van der Waals surface area contributed by atoms with Crippen molar-refractivity contribution in [3.8, 4) is 0 Å². The van der Waals surface area contributed by atoms with Gasteiger partial charge in [-0.3, -0.25) is 4.79 Å².